The minimum atomic E-state index is -0.704. The molecule has 100 valence electrons. The van der Waals surface area contributed by atoms with Crippen LogP contribution < -0.4 is 16.0 Å². The second-order valence-electron chi connectivity index (χ2n) is 3.92. The summed E-state index contributed by atoms with van der Waals surface area (Å²) >= 11 is 0. The number of rotatable bonds is 3. The third-order valence-corrected chi connectivity index (χ3v) is 2.86. The van der Waals surface area contributed by atoms with Crippen molar-refractivity contribution in [1.29, 1.82) is 0 Å². The maximum atomic E-state index is 11.9. The van der Waals surface area contributed by atoms with Gasteiger partial charge < -0.3 is 9.84 Å². The Morgan fingerprint density at radius 3 is 2.63 bits per heavy atom. The van der Waals surface area contributed by atoms with E-state index in [0.717, 1.165) is 4.57 Å². The Hall–Kier alpha value is -2.50. The van der Waals surface area contributed by atoms with Crippen LogP contribution in [0.25, 0.3) is 5.69 Å². The summed E-state index contributed by atoms with van der Waals surface area (Å²) in [5, 5.41) is 10.1. The number of H-pyrrole nitrogens is 1. The van der Waals surface area contributed by atoms with E-state index in [1.54, 1.807) is 31.2 Å². The number of hydrogen-bond donors (Lipinski definition) is 2. The molecule has 2 N–H and O–H groups in total. The van der Waals surface area contributed by atoms with Crippen molar-refractivity contribution < 1.29 is 9.84 Å². The van der Waals surface area contributed by atoms with Crippen molar-refractivity contribution in [3.8, 4) is 17.3 Å². The van der Waals surface area contributed by atoms with Crippen LogP contribution in [0.3, 0.4) is 0 Å². The molecule has 0 unspecified atom stereocenters. The summed E-state index contributed by atoms with van der Waals surface area (Å²) in [7, 11) is 1.47. The number of aromatic hydroxyl groups is 1. The van der Waals surface area contributed by atoms with Gasteiger partial charge >= 0.3 is 5.69 Å². The maximum Gasteiger partial charge on any atom is 0.335 e. The number of hydrogen-bond acceptors (Lipinski definition) is 4. The van der Waals surface area contributed by atoms with Gasteiger partial charge in [0, 0.05) is 0 Å². The molecular formula is C13H14N2O4. The highest BCUT2D eigenvalue weighted by Crippen LogP contribution is 2.24. The third-order valence-electron chi connectivity index (χ3n) is 2.86. The Morgan fingerprint density at radius 1 is 1.32 bits per heavy atom. The van der Waals surface area contributed by atoms with E-state index in [0.29, 0.717) is 17.9 Å². The first kappa shape index (κ1) is 12.9. The van der Waals surface area contributed by atoms with Crippen molar-refractivity contribution in [2.45, 2.75) is 13.3 Å². The Bertz CT molecular complexity index is 715. The van der Waals surface area contributed by atoms with Crippen LogP contribution in [0.2, 0.25) is 0 Å². The van der Waals surface area contributed by atoms with E-state index < -0.39 is 11.2 Å². The topological polar surface area (TPSA) is 84.3 Å². The lowest BCUT2D eigenvalue weighted by Crippen LogP contribution is -2.31. The van der Waals surface area contributed by atoms with Gasteiger partial charge in [0.2, 0.25) is 5.88 Å². The molecule has 1 aromatic heterocycles. The molecule has 19 heavy (non-hydrogen) atoms. The number of aromatic amines is 1. The summed E-state index contributed by atoms with van der Waals surface area (Å²) in [6.45, 7) is 1.72. The van der Waals surface area contributed by atoms with Crippen molar-refractivity contribution in [2.75, 3.05) is 7.11 Å². The molecule has 1 heterocycles. The van der Waals surface area contributed by atoms with Crippen LogP contribution in [0.1, 0.15) is 12.5 Å². The highest BCUT2D eigenvalue weighted by atomic mass is 16.5. The first-order valence-electron chi connectivity index (χ1n) is 5.80. The predicted octanol–water partition coefficient (Wildman–Crippen LogP) is 0.802. The molecule has 0 aliphatic rings. The van der Waals surface area contributed by atoms with E-state index >= 15 is 0 Å². The standard InChI is InChI=1S/C13H14N2O4/c1-3-8-11(16)14-13(18)15(12(8)17)9-6-4-5-7-10(9)19-2/h4-7,17H,3H2,1-2H3,(H,14,16,18). The fraction of sp³-hybridized carbons (Fsp3) is 0.231. The highest BCUT2D eigenvalue weighted by Gasteiger charge is 2.16. The summed E-state index contributed by atoms with van der Waals surface area (Å²) < 4.78 is 6.18. The molecule has 2 rings (SSSR count). The molecule has 0 aliphatic carbocycles. The number of nitrogens with one attached hydrogen (secondary N) is 1. The summed E-state index contributed by atoms with van der Waals surface area (Å²) in [4.78, 5) is 25.6. The molecule has 0 bridgehead atoms. The fourth-order valence-corrected chi connectivity index (χ4v) is 1.92. The van der Waals surface area contributed by atoms with Gasteiger partial charge in [-0.25, -0.2) is 9.36 Å². The fourth-order valence-electron chi connectivity index (χ4n) is 1.92. The third kappa shape index (κ3) is 2.12. The Balaban J connectivity index is 2.83. The van der Waals surface area contributed by atoms with Crippen molar-refractivity contribution in [3.63, 3.8) is 0 Å². The molecule has 0 fully saturated rings. The molecule has 0 amide bonds. The number of benzene rings is 1. The first-order chi connectivity index (χ1) is 9.10. The van der Waals surface area contributed by atoms with Crippen LogP contribution in [-0.2, 0) is 6.42 Å². The number of methoxy groups -OCH3 is 1. The van der Waals surface area contributed by atoms with Gasteiger partial charge in [0.1, 0.15) is 5.75 Å². The van der Waals surface area contributed by atoms with Gasteiger partial charge in [-0.15, -0.1) is 0 Å². The molecule has 0 saturated carbocycles. The van der Waals surface area contributed by atoms with Crippen molar-refractivity contribution in [1.82, 2.24) is 9.55 Å². The number of aromatic nitrogens is 2. The predicted molar refractivity (Wildman–Crippen MR) is 70.3 cm³/mol. The van der Waals surface area contributed by atoms with Gasteiger partial charge in [-0.2, -0.15) is 0 Å². The second kappa shape index (κ2) is 5.01. The quantitative estimate of drug-likeness (QED) is 0.857. The first-order valence-corrected chi connectivity index (χ1v) is 5.80. The summed E-state index contributed by atoms with van der Waals surface area (Å²) in [5.74, 6) is 0.0646. The summed E-state index contributed by atoms with van der Waals surface area (Å²) in [5.41, 5.74) is -0.746. The van der Waals surface area contributed by atoms with Crippen LogP contribution in [0.15, 0.2) is 33.9 Å². The lowest BCUT2D eigenvalue weighted by atomic mass is 10.2. The average Bonchev–Trinajstić information content (AvgIpc) is 2.39. The van der Waals surface area contributed by atoms with Gasteiger partial charge in [0.05, 0.1) is 18.4 Å². The molecule has 0 atom stereocenters. The highest BCUT2D eigenvalue weighted by molar-refractivity contribution is 5.49. The van der Waals surface area contributed by atoms with Gasteiger partial charge in [-0.3, -0.25) is 9.78 Å². The van der Waals surface area contributed by atoms with Gasteiger partial charge in [0.25, 0.3) is 5.56 Å². The Kier molecular flexibility index (Phi) is 3.41. The van der Waals surface area contributed by atoms with E-state index in [-0.39, 0.29) is 11.4 Å². The zero-order valence-corrected chi connectivity index (χ0v) is 10.6. The van der Waals surface area contributed by atoms with E-state index in [9.17, 15) is 14.7 Å². The normalized spacial score (nSPS) is 10.4. The van der Waals surface area contributed by atoms with Crippen LogP contribution in [0.5, 0.6) is 11.6 Å². The molecule has 0 saturated heterocycles. The van der Waals surface area contributed by atoms with Crippen LogP contribution in [0.4, 0.5) is 0 Å². The number of para-hydroxylation sites is 2. The Morgan fingerprint density at radius 2 is 2.00 bits per heavy atom. The van der Waals surface area contributed by atoms with E-state index in [4.69, 9.17) is 4.74 Å². The van der Waals surface area contributed by atoms with Gasteiger partial charge in [0.15, 0.2) is 0 Å². The molecule has 6 nitrogen and oxygen atoms in total. The van der Waals surface area contributed by atoms with E-state index in [1.807, 2.05) is 0 Å². The van der Waals surface area contributed by atoms with Gasteiger partial charge in [-0.05, 0) is 18.6 Å². The van der Waals surface area contributed by atoms with E-state index in [1.165, 1.54) is 7.11 Å². The van der Waals surface area contributed by atoms with Crippen molar-refractivity contribution in [2.24, 2.45) is 0 Å². The average molecular weight is 262 g/mol. The van der Waals surface area contributed by atoms with Crippen molar-refractivity contribution in [3.05, 3.63) is 50.7 Å². The SMILES string of the molecule is CCc1c(O)n(-c2ccccc2OC)c(=O)[nH]c1=O. The minimum Gasteiger partial charge on any atom is -0.495 e. The monoisotopic (exact) mass is 262 g/mol. The molecule has 1 aromatic carbocycles. The van der Waals surface area contributed by atoms with Gasteiger partial charge in [-0.1, -0.05) is 19.1 Å². The molecule has 2 aromatic rings. The summed E-state index contributed by atoms with van der Waals surface area (Å²) in [6, 6.07) is 6.74. The largest absolute Gasteiger partial charge is 0.495 e. The number of ether oxygens (including phenoxy) is 1. The lowest BCUT2D eigenvalue weighted by Gasteiger charge is -2.13. The zero-order valence-electron chi connectivity index (χ0n) is 10.6. The minimum absolute atomic E-state index is 0.158. The molecule has 0 aliphatic heterocycles. The lowest BCUT2D eigenvalue weighted by molar-refractivity contribution is 0.399. The zero-order chi connectivity index (χ0) is 14.0. The molecule has 0 spiro atoms. The number of nitrogens with zero attached hydrogens (tertiary/aromatic N) is 1. The Labute approximate surface area is 108 Å². The van der Waals surface area contributed by atoms with Crippen LogP contribution >= 0.6 is 0 Å². The molecule has 0 radical (unpaired) electrons. The summed E-state index contributed by atoms with van der Waals surface area (Å²) in [6.07, 6.45) is 0.316. The van der Waals surface area contributed by atoms with Crippen LogP contribution in [-0.4, -0.2) is 21.8 Å². The van der Waals surface area contributed by atoms with Crippen molar-refractivity contribution >= 4 is 0 Å². The second-order valence-corrected chi connectivity index (χ2v) is 3.92. The smallest absolute Gasteiger partial charge is 0.335 e. The maximum absolute atomic E-state index is 11.9. The van der Waals surface area contributed by atoms with E-state index in [2.05, 4.69) is 4.98 Å². The van der Waals surface area contributed by atoms with Crippen LogP contribution in [0, 0.1) is 0 Å². The molecule has 6 heteroatoms. The molecular weight excluding hydrogens is 248 g/mol.